The summed E-state index contributed by atoms with van der Waals surface area (Å²) in [5.74, 6) is 0.421. The average Bonchev–Trinajstić information content (AvgIpc) is 3.29. The zero-order valence-corrected chi connectivity index (χ0v) is 13.9. The molecule has 0 saturated heterocycles. The zero-order valence-electron chi connectivity index (χ0n) is 13.1. The van der Waals surface area contributed by atoms with Crippen molar-refractivity contribution < 1.29 is 9.72 Å². The van der Waals surface area contributed by atoms with Gasteiger partial charge in [0.2, 0.25) is 0 Å². The summed E-state index contributed by atoms with van der Waals surface area (Å²) in [4.78, 5) is 23.3. The van der Waals surface area contributed by atoms with Crippen LogP contribution in [-0.4, -0.2) is 10.8 Å². The predicted octanol–water partition coefficient (Wildman–Crippen LogP) is 4.38. The molecule has 1 aliphatic carbocycles. The summed E-state index contributed by atoms with van der Waals surface area (Å²) in [6.45, 7) is 2.14. The van der Waals surface area contributed by atoms with Crippen molar-refractivity contribution in [2.24, 2.45) is 11.8 Å². The molecule has 1 saturated carbocycles. The molecule has 3 unspecified atom stereocenters. The SMILES string of the molecule is CC1CC1C(NC(=O)c1ccc(Cl)cc1[N+](=O)[O-])c1ccccc1. The third-order valence-corrected chi connectivity index (χ3v) is 4.68. The molecule has 5 nitrogen and oxygen atoms in total. The number of hydrogen-bond donors (Lipinski definition) is 1. The lowest BCUT2D eigenvalue weighted by Crippen LogP contribution is -2.30. The fourth-order valence-electron chi connectivity index (χ4n) is 2.98. The van der Waals surface area contributed by atoms with Crippen molar-refractivity contribution in [1.29, 1.82) is 0 Å². The molecule has 6 heteroatoms. The summed E-state index contributed by atoms with van der Waals surface area (Å²) in [6.07, 6.45) is 1.03. The van der Waals surface area contributed by atoms with Crippen LogP contribution in [0.5, 0.6) is 0 Å². The third-order valence-electron chi connectivity index (χ3n) is 4.45. The predicted molar refractivity (Wildman–Crippen MR) is 92.0 cm³/mol. The number of carbonyl (C=O) groups is 1. The van der Waals surface area contributed by atoms with Crippen molar-refractivity contribution in [1.82, 2.24) is 5.32 Å². The molecule has 1 amide bonds. The van der Waals surface area contributed by atoms with E-state index >= 15 is 0 Å². The number of nitrogens with one attached hydrogen (secondary N) is 1. The first-order valence-electron chi connectivity index (χ1n) is 7.77. The van der Waals surface area contributed by atoms with E-state index < -0.39 is 10.8 Å². The van der Waals surface area contributed by atoms with Gasteiger partial charge in [0.15, 0.2) is 0 Å². The van der Waals surface area contributed by atoms with E-state index in [9.17, 15) is 14.9 Å². The first kappa shape index (κ1) is 16.5. The highest BCUT2D eigenvalue weighted by molar-refractivity contribution is 6.31. The number of carbonyl (C=O) groups excluding carboxylic acids is 1. The number of nitro benzene ring substituents is 1. The van der Waals surface area contributed by atoms with E-state index in [1.807, 2.05) is 30.3 Å². The maximum atomic E-state index is 12.6. The molecule has 0 bridgehead atoms. The van der Waals surface area contributed by atoms with Gasteiger partial charge in [-0.15, -0.1) is 0 Å². The van der Waals surface area contributed by atoms with Crippen LogP contribution in [0, 0.1) is 22.0 Å². The highest BCUT2D eigenvalue weighted by atomic mass is 35.5. The monoisotopic (exact) mass is 344 g/mol. The Morgan fingerprint density at radius 2 is 1.96 bits per heavy atom. The maximum Gasteiger partial charge on any atom is 0.283 e. The Morgan fingerprint density at radius 1 is 1.29 bits per heavy atom. The van der Waals surface area contributed by atoms with Gasteiger partial charge in [0.25, 0.3) is 11.6 Å². The number of nitro groups is 1. The molecule has 0 spiro atoms. The Kier molecular flexibility index (Phi) is 4.53. The van der Waals surface area contributed by atoms with Gasteiger partial charge in [0.1, 0.15) is 5.56 Å². The van der Waals surface area contributed by atoms with Crippen LogP contribution in [0.15, 0.2) is 48.5 Å². The van der Waals surface area contributed by atoms with E-state index in [2.05, 4.69) is 12.2 Å². The molecule has 24 heavy (non-hydrogen) atoms. The highest BCUT2D eigenvalue weighted by Gasteiger charge is 2.41. The number of hydrogen-bond acceptors (Lipinski definition) is 3. The summed E-state index contributed by atoms with van der Waals surface area (Å²) < 4.78 is 0. The number of benzene rings is 2. The van der Waals surface area contributed by atoms with Gasteiger partial charge in [-0.1, -0.05) is 48.9 Å². The van der Waals surface area contributed by atoms with E-state index in [0.29, 0.717) is 11.8 Å². The minimum absolute atomic E-state index is 0.0265. The van der Waals surface area contributed by atoms with Gasteiger partial charge in [-0.2, -0.15) is 0 Å². The second-order valence-electron chi connectivity index (χ2n) is 6.16. The largest absolute Gasteiger partial charge is 0.345 e. The van der Waals surface area contributed by atoms with E-state index in [1.165, 1.54) is 18.2 Å². The van der Waals surface area contributed by atoms with Crippen molar-refractivity contribution >= 4 is 23.2 Å². The standard InChI is InChI=1S/C18H17ClN2O3/c1-11-9-15(11)17(12-5-3-2-4-6-12)20-18(22)14-8-7-13(19)10-16(14)21(23)24/h2-8,10-11,15,17H,9H2,1H3,(H,20,22). The molecule has 0 aliphatic heterocycles. The Hall–Kier alpha value is -2.40. The van der Waals surface area contributed by atoms with Gasteiger partial charge in [0, 0.05) is 11.1 Å². The van der Waals surface area contributed by atoms with Crippen molar-refractivity contribution in [3.63, 3.8) is 0 Å². The van der Waals surface area contributed by atoms with Crippen molar-refractivity contribution in [2.75, 3.05) is 0 Å². The summed E-state index contributed by atoms with van der Waals surface area (Å²) in [6, 6.07) is 13.6. The van der Waals surface area contributed by atoms with Crippen LogP contribution in [0.1, 0.15) is 35.3 Å². The van der Waals surface area contributed by atoms with Gasteiger partial charge in [-0.25, -0.2) is 0 Å². The summed E-state index contributed by atoms with van der Waals surface area (Å²) in [7, 11) is 0. The molecule has 124 valence electrons. The van der Waals surface area contributed by atoms with Gasteiger partial charge >= 0.3 is 0 Å². The second-order valence-corrected chi connectivity index (χ2v) is 6.59. The topological polar surface area (TPSA) is 72.2 Å². The lowest BCUT2D eigenvalue weighted by atomic mass is 10.0. The van der Waals surface area contributed by atoms with E-state index in [0.717, 1.165) is 12.0 Å². The minimum Gasteiger partial charge on any atom is -0.345 e. The average molecular weight is 345 g/mol. The minimum atomic E-state index is -0.585. The Morgan fingerprint density at radius 3 is 2.54 bits per heavy atom. The molecular weight excluding hydrogens is 328 g/mol. The molecule has 0 aromatic heterocycles. The van der Waals surface area contributed by atoms with Gasteiger partial charge in [0.05, 0.1) is 11.0 Å². The Bertz CT molecular complexity index is 779. The van der Waals surface area contributed by atoms with Gasteiger partial charge in [-0.3, -0.25) is 14.9 Å². The van der Waals surface area contributed by atoms with Crippen molar-refractivity contribution in [2.45, 2.75) is 19.4 Å². The molecular formula is C18H17ClN2O3. The van der Waals surface area contributed by atoms with Crippen LogP contribution >= 0.6 is 11.6 Å². The normalized spacial score (nSPS) is 20.2. The molecule has 0 heterocycles. The zero-order chi connectivity index (χ0) is 17.3. The first-order chi connectivity index (χ1) is 11.5. The molecule has 1 fully saturated rings. The number of halogens is 1. The Balaban J connectivity index is 1.88. The third kappa shape index (κ3) is 3.41. The first-order valence-corrected chi connectivity index (χ1v) is 8.15. The number of rotatable bonds is 5. The van der Waals surface area contributed by atoms with Crippen LogP contribution < -0.4 is 5.32 Å². The maximum absolute atomic E-state index is 12.6. The lowest BCUT2D eigenvalue weighted by molar-refractivity contribution is -0.385. The second kappa shape index (κ2) is 6.61. The summed E-state index contributed by atoms with van der Waals surface area (Å²) >= 11 is 5.81. The van der Waals surface area contributed by atoms with Crippen LogP contribution in [-0.2, 0) is 0 Å². The molecule has 1 aliphatic rings. The molecule has 2 aromatic carbocycles. The fourth-order valence-corrected chi connectivity index (χ4v) is 3.15. The van der Waals surface area contributed by atoms with E-state index in [4.69, 9.17) is 11.6 Å². The number of nitrogens with zero attached hydrogens (tertiary/aromatic N) is 1. The molecule has 0 radical (unpaired) electrons. The van der Waals surface area contributed by atoms with Gasteiger partial charge < -0.3 is 5.32 Å². The lowest BCUT2D eigenvalue weighted by Gasteiger charge is -2.19. The molecule has 3 rings (SSSR count). The van der Waals surface area contributed by atoms with E-state index in [-0.39, 0.29) is 22.3 Å². The highest BCUT2D eigenvalue weighted by Crippen LogP contribution is 2.47. The molecule has 3 atom stereocenters. The van der Waals surface area contributed by atoms with Crippen LogP contribution in [0.25, 0.3) is 0 Å². The molecule has 2 aromatic rings. The van der Waals surface area contributed by atoms with Crippen molar-refractivity contribution in [3.05, 3.63) is 74.8 Å². The van der Waals surface area contributed by atoms with Crippen molar-refractivity contribution in [3.8, 4) is 0 Å². The Labute approximate surface area is 144 Å². The van der Waals surface area contributed by atoms with Gasteiger partial charge in [-0.05, 0) is 36.0 Å². The summed E-state index contributed by atoms with van der Waals surface area (Å²) in [5.41, 5.74) is 0.756. The quantitative estimate of drug-likeness (QED) is 0.646. The van der Waals surface area contributed by atoms with E-state index in [1.54, 1.807) is 0 Å². The summed E-state index contributed by atoms with van der Waals surface area (Å²) in [5, 5.41) is 14.4. The smallest absolute Gasteiger partial charge is 0.283 e. The molecule has 1 N–H and O–H groups in total. The fraction of sp³-hybridized carbons (Fsp3) is 0.278. The number of amides is 1. The van der Waals surface area contributed by atoms with Crippen LogP contribution in [0.2, 0.25) is 5.02 Å². The van der Waals surface area contributed by atoms with Crippen LogP contribution in [0.3, 0.4) is 0 Å². The van der Waals surface area contributed by atoms with Crippen LogP contribution in [0.4, 0.5) is 5.69 Å².